The van der Waals surface area contributed by atoms with Crippen molar-refractivity contribution in [2.45, 2.75) is 13.3 Å². The lowest BCUT2D eigenvalue weighted by atomic mass is 10.2. The fraction of sp³-hybridized carbons (Fsp3) is 0.154. The molecule has 0 atom stereocenters. The maximum atomic E-state index is 12.2. The molecule has 0 saturated carbocycles. The van der Waals surface area contributed by atoms with E-state index in [0.29, 0.717) is 11.5 Å². The molecule has 2 N–H and O–H groups in total. The highest BCUT2D eigenvalue weighted by Crippen LogP contribution is 2.26. The summed E-state index contributed by atoms with van der Waals surface area (Å²) < 4.78 is 0. The van der Waals surface area contributed by atoms with E-state index >= 15 is 0 Å². The van der Waals surface area contributed by atoms with Gasteiger partial charge in [-0.1, -0.05) is 6.92 Å². The van der Waals surface area contributed by atoms with Gasteiger partial charge in [-0.25, -0.2) is 4.98 Å². The lowest BCUT2D eigenvalue weighted by Crippen LogP contribution is -2.13. The van der Waals surface area contributed by atoms with E-state index < -0.39 is 0 Å². The van der Waals surface area contributed by atoms with E-state index in [2.05, 4.69) is 20.5 Å². The van der Waals surface area contributed by atoms with Crippen LogP contribution in [0.25, 0.3) is 10.6 Å². The molecule has 5 nitrogen and oxygen atoms in total. The van der Waals surface area contributed by atoms with Crippen molar-refractivity contribution in [3.8, 4) is 10.6 Å². The van der Waals surface area contributed by atoms with Gasteiger partial charge in [0.05, 0.1) is 6.20 Å². The molecule has 3 aromatic rings. The van der Waals surface area contributed by atoms with Crippen LogP contribution in [-0.2, 0) is 6.42 Å². The number of nitrogens with zero attached hydrogens (tertiary/aromatic N) is 2. The zero-order valence-corrected chi connectivity index (χ0v) is 12.3. The Morgan fingerprint density at radius 1 is 1.45 bits per heavy atom. The molecule has 0 fully saturated rings. The van der Waals surface area contributed by atoms with Crippen LogP contribution in [0.5, 0.6) is 0 Å². The second-order valence-corrected chi connectivity index (χ2v) is 5.77. The number of aryl methyl sites for hydroxylation is 1. The van der Waals surface area contributed by atoms with Crippen LogP contribution in [0.4, 0.5) is 5.82 Å². The van der Waals surface area contributed by atoms with Crippen LogP contribution in [0, 0.1) is 0 Å². The van der Waals surface area contributed by atoms with Crippen molar-refractivity contribution < 1.29 is 4.79 Å². The van der Waals surface area contributed by atoms with Gasteiger partial charge >= 0.3 is 0 Å². The summed E-state index contributed by atoms with van der Waals surface area (Å²) in [5.74, 6) is 0.421. The van der Waals surface area contributed by atoms with Crippen LogP contribution in [0.15, 0.2) is 28.4 Å². The minimum absolute atomic E-state index is 0.221. The fourth-order valence-corrected chi connectivity index (χ4v) is 3.27. The van der Waals surface area contributed by atoms with Gasteiger partial charge in [0, 0.05) is 21.9 Å². The molecular formula is C13H12N4OS2. The van der Waals surface area contributed by atoms with Gasteiger partial charge in [-0.15, -0.1) is 11.3 Å². The lowest BCUT2D eigenvalue weighted by Gasteiger charge is -2.01. The summed E-state index contributed by atoms with van der Waals surface area (Å²) in [5.41, 5.74) is 2.45. The van der Waals surface area contributed by atoms with Crippen molar-refractivity contribution in [2.24, 2.45) is 0 Å². The van der Waals surface area contributed by atoms with E-state index in [1.807, 2.05) is 23.8 Å². The molecular weight excluding hydrogens is 292 g/mol. The fourth-order valence-electron chi connectivity index (χ4n) is 1.76. The smallest absolute Gasteiger partial charge is 0.276 e. The molecule has 0 spiro atoms. The van der Waals surface area contributed by atoms with Crippen molar-refractivity contribution in [1.82, 2.24) is 15.2 Å². The summed E-state index contributed by atoms with van der Waals surface area (Å²) in [6.07, 6.45) is 2.52. The third-order valence-electron chi connectivity index (χ3n) is 2.84. The average molecular weight is 304 g/mol. The van der Waals surface area contributed by atoms with Gasteiger partial charge in [-0.3, -0.25) is 9.89 Å². The van der Waals surface area contributed by atoms with Gasteiger partial charge in [-0.05, 0) is 17.9 Å². The van der Waals surface area contributed by atoms with Crippen LogP contribution in [0.2, 0.25) is 0 Å². The zero-order valence-electron chi connectivity index (χ0n) is 10.7. The lowest BCUT2D eigenvalue weighted by molar-refractivity contribution is 0.102. The van der Waals surface area contributed by atoms with E-state index in [0.717, 1.165) is 22.6 Å². The van der Waals surface area contributed by atoms with Crippen LogP contribution in [-0.4, -0.2) is 21.1 Å². The number of aromatic nitrogens is 3. The first kappa shape index (κ1) is 13.0. The highest BCUT2D eigenvalue weighted by Gasteiger charge is 2.14. The molecule has 0 aliphatic heterocycles. The van der Waals surface area contributed by atoms with Crippen LogP contribution >= 0.6 is 22.7 Å². The minimum Gasteiger partial charge on any atom is -0.305 e. The van der Waals surface area contributed by atoms with Crippen molar-refractivity contribution in [3.05, 3.63) is 39.7 Å². The summed E-state index contributed by atoms with van der Waals surface area (Å²) >= 11 is 3.08. The van der Waals surface area contributed by atoms with Gasteiger partial charge in [-0.2, -0.15) is 16.4 Å². The molecule has 102 valence electrons. The standard InChI is InChI=1S/C13H12N4OS2/c1-2-8-5-14-17-11(8)16-12(18)10-7-20-13(15-10)9-3-4-19-6-9/h3-7H,2H2,1H3,(H2,14,16,17,18). The molecule has 3 aromatic heterocycles. The number of hydrogen-bond donors (Lipinski definition) is 2. The molecule has 0 aliphatic rings. The molecule has 3 rings (SSSR count). The van der Waals surface area contributed by atoms with Crippen LogP contribution in [0.3, 0.4) is 0 Å². The molecule has 0 unspecified atom stereocenters. The highest BCUT2D eigenvalue weighted by atomic mass is 32.1. The molecule has 0 radical (unpaired) electrons. The normalized spacial score (nSPS) is 10.7. The monoisotopic (exact) mass is 304 g/mol. The number of hydrogen-bond acceptors (Lipinski definition) is 5. The Hall–Kier alpha value is -1.99. The number of anilines is 1. The van der Waals surface area contributed by atoms with E-state index in [1.54, 1.807) is 22.9 Å². The summed E-state index contributed by atoms with van der Waals surface area (Å²) in [6, 6.07) is 2.00. The van der Waals surface area contributed by atoms with Crippen molar-refractivity contribution in [1.29, 1.82) is 0 Å². The van der Waals surface area contributed by atoms with Crippen LogP contribution < -0.4 is 5.32 Å². The second kappa shape index (κ2) is 5.56. The van der Waals surface area contributed by atoms with Gasteiger partial charge in [0.25, 0.3) is 5.91 Å². The number of thiophene rings is 1. The number of amides is 1. The first-order valence-corrected chi connectivity index (χ1v) is 7.92. The number of H-pyrrole nitrogens is 1. The van der Waals surface area contributed by atoms with Crippen molar-refractivity contribution in [3.63, 3.8) is 0 Å². The van der Waals surface area contributed by atoms with E-state index in [1.165, 1.54) is 11.3 Å². The van der Waals surface area contributed by atoms with Gasteiger partial charge < -0.3 is 5.32 Å². The first-order valence-electron chi connectivity index (χ1n) is 6.09. The molecule has 0 bridgehead atoms. The van der Waals surface area contributed by atoms with Gasteiger partial charge in [0.1, 0.15) is 16.5 Å². The average Bonchev–Trinajstić information content (AvgIpc) is 3.19. The Bertz CT molecular complexity index is 714. The highest BCUT2D eigenvalue weighted by molar-refractivity contribution is 7.14. The number of aromatic amines is 1. The Morgan fingerprint density at radius 2 is 2.35 bits per heavy atom. The predicted octanol–water partition coefficient (Wildman–Crippen LogP) is 3.41. The molecule has 3 heterocycles. The Morgan fingerprint density at radius 3 is 3.10 bits per heavy atom. The summed E-state index contributed by atoms with van der Waals surface area (Å²) in [4.78, 5) is 16.5. The number of nitrogens with one attached hydrogen (secondary N) is 2. The largest absolute Gasteiger partial charge is 0.305 e. The quantitative estimate of drug-likeness (QED) is 0.776. The van der Waals surface area contributed by atoms with Crippen molar-refractivity contribution >= 4 is 34.4 Å². The topological polar surface area (TPSA) is 70.7 Å². The summed E-state index contributed by atoms with van der Waals surface area (Å²) in [7, 11) is 0. The zero-order chi connectivity index (χ0) is 13.9. The predicted molar refractivity (Wildman–Crippen MR) is 81.3 cm³/mol. The third-order valence-corrected chi connectivity index (χ3v) is 4.42. The molecule has 0 aromatic carbocycles. The number of carbonyl (C=O) groups is 1. The van der Waals surface area contributed by atoms with E-state index in [-0.39, 0.29) is 5.91 Å². The summed E-state index contributed by atoms with van der Waals surface area (Å²) in [6.45, 7) is 2.01. The number of thiazole rings is 1. The van der Waals surface area contributed by atoms with Gasteiger partial charge in [0.15, 0.2) is 0 Å². The molecule has 0 aliphatic carbocycles. The molecule has 20 heavy (non-hydrogen) atoms. The molecule has 0 saturated heterocycles. The van der Waals surface area contributed by atoms with E-state index in [4.69, 9.17) is 0 Å². The van der Waals surface area contributed by atoms with Crippen molar-refractivity contribution in [2.75, 3.05) is 5.32 Å². The van der Waals surface area contributed by atoms with Gasteiger partial charge in [0.2, 0.25) is 0 Å². The summed E-state index contributed by atoms with van der Waals surface area (Å²) in [5, 5.41) is 16.2. The second-order valence-electron chi connectivity index (χ2n) is 4.13. The number of rotatable bonds is 4. The van der Waals surface area contributed by atoms with E-state index in [9.17, 15) is 4.79 Å². The minimum atomic E-state index is -0.221. The Kier molecular flexibility index (Phi) is 3.62. The maximum Gasteiger partial charge on any atom is 0.276 e. The SMILES string of the molecule is CCc1cn[nH]c1NC(=O)c1csc(-c2ccsc2)n1. The van der Waals surface area contributed by atoms with Crippen LogP contribution in [0.1, 0.15) is 23.0 Å². The third kappa shape index (κ3) is 2.50. The molecule has 7 heteroatoms. The Balaban J connectivity index is 1.78. The first-order chi connectivity index (χ1) is 9.78. The number of carbonyl (C=O) groups excluding carboxylic acids is 1. The molecule has 1 amide bonds. The Labute approximate surface area is 123 Å². The maximum absolute atomic E-state index is 12.2.